The Bertz CT molecular complexity index is 757. The minimum Gasteiger partial charge on any atom is -0.383 e. The third-order valence-electron chi connectivity index (χ3n) is 4.94. The summed E-state index contributed by atoms with van der Waals surface area (Å²) < 4.78 is 5.27. The Morgan fingerprint density at radius 3 is 2.92 bits per heavy atom. The van der Waals surface area contributed by atoms with E-state index >= 15 is 0 Å². The lowest BCUT2D eigenvalue weighted by Crippen LogP contribution is -2.38. The molecule has 0 saturated carbocycles. The Kier molecular flexibility index (Phi) is 5.49. The summed E-state index contributed by atoms with van der Waals surface area (Å²) in [5.74, 6) is 0.0872. The first-order valence-corrected chi connectivity index (χ1v) is 9.01. The van der Waals surface area contributed by atoms with Crippen molar-refractivity contribution in [3.63, 3.8) is 0 Å². The zero-order valence-electron chi connectivity index (χ0n) is 15.3. The van der Waals surface area contributed by atoms with Crippen LogP contribution in [0.4, 0.5) is 0 Å². The van der Waals surface area contributed by atoms with Crippen molar-refractivity contribution in [3.05, 3.63) is 53.2 Å². The van der Waals surface area contributed by atoms with Crippen molar-refractivity contribution in [1.82, 2.24) is 9.88 Å². The molecule has 4 nitrogen and oxygen atoms in total. The van der Waals surface area contributed by atoms with Crippen LogP contribution < -0.4 is 0 Å². The highest BCUT2D eigenvalue weighted by Crippen LogP contribution is 2.24. The summed E-state index contributed by atoms with van der Waals surface area (Å²) in [7, 11) is 1.69. The summed E-state index contributed by atoms with van der Waals surface area (Å²) >= 11 is 0. The maximum absolute atomic E-state index is 12.9. The van der Waals surface area contributed by atoms with Crippen LogP contribution in [0.5, 0.6) is 0 Å². The van der Waals surface area contributed by atoms with Crippen LogP contribution >= 0.6 is 0 Å². The summed E-state index contributed by atoms with van der Waals surface area (Å²) in [5, 5.41) is 0. The van der Waals surface area contributed by atoms with Gasteiger partial charge in [-0.2, -0.15) is 0 Å². The molecule has 1 aliphatic rings. The van der Waals surface area contributed by atoms with E-state index < -0.39 is 0 Å². The van der Waals surface area contributed by atoms with E-state index in [9.17, 15) is 4.79 Å². The van der Waals surface area contributed by atoms with Gasteiger partial charge in [0.2, 0.25) is 0 Å². The molecule has 3 rings (SSSR count). The van der Waals surface area contributed by atoms with Crippen LogP contribution in [-0.2, 0) is 11.2 Å². The molecule has 1 aliphatic heterocycles. The fourth-order valence-electron chi connectivity index (χ4n) is 3.54. The smallest absolute Gasteiger partial charge is 0.254 e. The van der Waals surface area contributed by atoms with Gasteiger partial charge in [0.25, 0.3) is 5.91 Å². The van der Waals surface area contributed by atoms with E-state index in [0.29, 0.717) is 6.61 Å². The highest BCUT2D eigenvalue weighted by Gasteiger charge is 2.29. The van der Waals surface area contributed by atoms with Crippen LogP contribution in [0.3, 0.4) is 0 Å². The second-order valence-corrected chi connectivity index (χ2v) is 6.64. The maximum Gasteiger partial charge on any atom is 0.254 e. The Hall–Kier alpha value is -2.20. The van der Waals surface area contributed by atoms with Gasteiger partial charge in [-0.05, 0) is 49.9 Å². The summed E-state index contributed by atoms with van der Waals surface area (Å²) in [6.45, 7) is 5.60. The minimum atomic E-state index is 0.0872. The number of carbonyl (C=O) groups excluding carboxylic acids is 1. The number of pyridine rings is 1. The molecule has 1 saturated heterocycles. The molecule has 1 amide bonds. The number of aromatic nitrogens is 1. The zero-order valence-corrected chi connectivity index (χ0v) is 15.3. The molecular weight excluding hydrogens is 312 g/mol. The lowest BCUT2D eigenvalue weighted by atomic mass is 10.0. The molecule has 2 aromatic rings. The van der Waals surface area contributed by atoms with Gasteiger partial charge in [0.05, 0.1) is 18.3 Å². The molecule has 1 aromatic carbocycles. The van der Waals surface area contributed by atoms with E-state index in [2.05, 4.69) is 19.9 Å². The number of nitrogens with zero attached hydrogens (tertiary/aromatic N) is 2. The van der Waals surface area contributed by atoms with Gasteiger partial charge in [-0.15, -0.1) is 0 Å². The van der Waals surface area contributed by atoms with Crippen molar-refractivity contribution < 1.29 is 9.53 Å². The number of rotatable bonds is 5. The number of methoxy groups -OCH3 is 1. The number of hydrogen-bond donors (Lipinski definition) is 0. The average molecular weight is 338 g/mol. The SMILES string of the molecule is CCc1nc(-c2cccc(C(=O)N3CCCC3COC)c2)ccc1C. The largest absolute Gasteiger partial charge is 0.383 e. The number of ether oxygens (including phenoxy) is 1. The van der Waals surface area contributed by atoms with Gasteiger partial charge in [-0.1, -0.05) is 25.1 Å². The molecule has 2 heterocycles. The molecule has 1 aromatic heterocycles. The van der Waals surface area contributed by atoms with Gasteiger partial charge < -0.3 is 9.64 Å². The van der Waals surface area contributed by atoms with Crippen molar-refractivity contribution in [2.24, 2.45) is 0 Å². The second kappa shape index (κ2) is 7.79. The summed E-state index contributed by atoms with van der Waals surface area (Å²) in [4.78, 5) is 19.6. The molecule has 0 spiro atoms. The standard InChI is InChI=1S/C21H26N2O2/c1-4-19-15(2)10-11-20(22-19)16-7-5-8-17(13-16)21(24)23-12-6-9-18(23)14-25-3/h5,7-8,10-11,13,18H,4,6,9,12,14H2,1-3H3. The van der Waals surface area contributed by atoms with Gasteiger partial charge in [0.1, 0.15) is 0 Å². The number of aryl methyl sites for hydroxylation is 2. The first-order valence-electron chi connectivity index (χ1n) is 9.01. The number of amides is 1. The topological polar surface area (TPSA) is 42.4 Å². The van der Waals surface area contributed by atoms with Crippen LogP contribution in [0.25, 0.3) is 11.3 Å². The summed E-state index contributed by atoms with van der Waals surface area (Å²) in [5.41, 5.74) is 4.95. The monoisotopic (exact) mass is 338 g/mol. The van der Waals surface area contributed by atoms with Crippen LogP contribution in [0.2, 0.25) is 0 Å². The predicted octanol–water partition coefficient (Wildman–Crippen LogP) is 3.87. The highest BCUT2D eigenvalue weighted by molar-refractivity contribution is 5.95. The van der Waals surface area contributed by atoms with E-state index in [4.69, 9.17) is 9.72 Å². The number of hydrogen-bond acceptors (Lipinski definition) is 3. The molecule has 0 radical (unpaired) electrons. The van der Waals surface area contributed by atoms with E-state index in [1.165, 1.54) is 5.56 Å². The fraction of sp³-hybridized carbons (Fsp3) is 0.429. The number of carbonyl (C=O) groups is 1. The van der Waals surface area contributed by atoms with E-state index in [-0.39, 0.29) is 11.9 Å². The van der Waals surface area contributed by atoms with E-state index in [1.54, 1.807) is 7.11 Å². The van der Waals surface area contributed by atoms with Gasteiger partial charge in [-0.3, -0.25) is 9.78 Å². The van der Waals surface area contributed by atoms with E-state index in [1.807, 2.05) is 35.2 Å². The Morgan fingerprint density at radius 1 is 1.32 bits per heavy atom. The molecule has 0 N–H and O–H groups in total. The Morgan fingerprint density at radius 2 is 2.16 bits per heavy atom. The van der Waals surface area contributed by atoms with Gasteiger partial charge in [-0.25, -0.2) is 0 Å². The molecular formula is C21H26N2O2. The first kappa shape index (κ1) is 17.6. The first-order chi connectivity index (χ1) is 12.1. The Labute approximate surface area is 149 Å². The molecule has 1 fully saturated rings. The van der Waals surface area contributed by atoms with Crippen LogP contribution in [-0.4, -0.2) is 42.1 Å². The van der Waals surface area contributed by atoms with E-state index in [0.717, 1.165) is 48.3 Å². The van der Waals surface area contributed by atoms with Gasteiger partial charge >= 0.3 is 0 Å². The van der Waals surface area contributed by atoms with Crippen molar-refractivity contribution in [1.29, 1.82) is 0 Å². The number of benzene rings is 1. The molecule has 0 aliphatic carbocycles. The average Bonchev–Trinajstić information content (AvgIpc) is 3.10. The molecule has 0 bridgehead atoms. The molecule has 1 unspecified atom stereocenters. The van der Waals surface area contributed by atoms with Gasteiger partial charge in [0, 0.05) is 30.5 Å². The Balaban J connectivity index is 1.87. The molecule has 4 heteroatoms. The maximum atomic E-state index is 12.9. The quantitative estimate of drug-likeness (QED) is 0.831. The number of likely N-dealkylation sites (tertiary alicyclic amines) is 1. The second-order valence-electron chi connectivity index (χ2n) is 6.64. The fourth-order valence-corrected chi connectivity index (χ4v) is 3.54. The normalized spacial score (nSPS) is 17.1. The third-order valence-corrected chi connectivity index (χ3v) is 4.94. The summed E-state index contributed by atoms with van der Waals surface area (Å²) in [6, 6.07) is 12.1. The van der Waals surface area contributed by atoms with Crippen LogP contribution in [0.15, 0.2) is 36.4 Å². The van der Waals surface area contributed by atoms with Crippen molar-refractivity contribution in [2.45, 2.75) is 39.2 Å². The molecule has 1 atom stereocenters. The van der Waals surface area contributed by atoms with Crippen molar-refractivity contribution in [2.75, 3.05) is 20.3 Å². The predicted molar refractivity (Wildman–Crippen MR) is 99.7 cm³/mol. The lowest BCUT2D eigenvalue weighted by molar-refractivity contribution is 0.0630. The molecule has 25 heavy (non-hydrogen) atoms. The van der Waals surface area contributed by atoms with Gasteiger partial charge in [0.15, 0.2) is 0 Å². The summed E-state index contributed by atoms with van der Waals surface area (Å²) in [6.07, 6.45) is 2.96. The minimum absolute atomic E-state index is 0.0872. The van der Waals surface area contributed by atoms with Crippen LogP contribution in [0.1, 0.15) is 41.4 Å². The van der Waals surface area contributed by atoms with Crippen LogP contribution in [0, 0.1) is 6.92 Å². The third kappa shape index (κ3) is 3.74. The molecule has 132 valence electrons. The zero-order chi connectivity index (χ0) is 17.8. The van der Waals surface area contributed by atoms with Crippen molar-refractivity contribution in [3.8, 4) is 11.3 Å². The lowest BCUT2D eigenvalue weighted by Gasteiger charge is -2.24. The highest BCUT2D eigenvalue weighted by atomic mass is 16.5. The van der Waals surface area contributed by atoms with Crippen molar-refractivity contribution >= 4 is 5.91 Å².